The first kappa shape index (κ1) is 28.4. The van der Waals surface area contributed by atoms with Crippen molar-refractivity contribution in [3.8, 4) is 0 Å². The number of morpholine rings is 1. The lowest BCUT2D eigenvalue weighted by molar-refractivity contribution is -0.182. The van der Waals surface area contributed by atoms with Crippen LogP contribution in [0.1, 0.15) is 56.9 Å². The summed E-state index contributed by atoms with van der Waals surface area (Å²) >= 11 is 12.2. The van der Waals surface area contributed by atoms with Crippen LogP contribution >= 0.6 is 23.2 Å². The Morgan fingerprint density at radius 1 is 1.11 bits per heavy atom. The fourth-order valence-corrected chi connectivity index (χ4v) is 5.98. The molecule has 1 N–H and O–H groups in total. The highest BCUT2D eigenvalue weighted by molar-refractivity contribution is 7.92. The molecule has 0 aliphatic carbocycles. The van der Waals surface area contributed by atoms with Crippen molar-refractivity contribution >= 4 is 44.9 Å². The second-order valence-electron chi connectivity index (χ2n) is 9.03. The summed E-state index contributed by atoms with van der Waals surface area (Å²) < 4.78 is 46.2. The zero-order valence-electron chi connectivity index (χ0n) is 20.0. The number of benzene rings is 2. The van der Waals surface area contributed by atoms with Gasteiger partial charge in [0.1, 0.15) is 18.0 Å². The molecule has 0 saturated carbocycles. The number of carboxylic acids is 1. The number of ether oxygens (including phenoxy) is 1. The van der Waals surface area contributed by atoms with Crippen LogP contribution in [-0.4, -0.2) is 53.4 Å². The molecule has 0 radical (unpaired) electrons. The summed E-state index contributed by atoms with van der Waals surface area (Å²) in [6, 6.07) is 8.69. The average molecular weight is 560 g/mol. The predicted octanol–water partition coefficient (Wildman–Crippen LogP) is 5.22. The van der Waals surface area contributed by atoms with Gasteiger partial charge < -0.3 is 14.7 Å². The van der Waals surface area contributed by atoms with Crippen molar-refractivity contribution in [1.29, 1.82) is 0 Å². The van der Waals surface area contributed by atoms with Gasteiger partial charge >= 0.3 is 5.97 Å². The Labute approximate surface area is 220 Å². The molecular weight excluding hydrogens is 532 g/mol. The first-order valence-corrected chi connectivity index (χ1v) is 13.9. The minimum absolute atomic E-state index is 0.0936. The van der Waals surface area contributed by atoms with E-state index in [-0.39, 0.29) is 22.8 Å². The van der Waals surface area contributed by atoms with E-state index in [0.717, 1.165) is 6.07 Å². The first-order valence-electron chi connectivity index (χ1n) is 11.5. The van der Waals surface area contributed by atoms with Crippen molar-refractivity contribution in [2.45, 2.75) is 63.2 Å². The number of hydrogen-bond donors (Lipinski definition) is 1. The third-order valence-electron chi connectivity index (χ3n) is 6.22. The molecule has 1 amide bonds. The van der Waals surface area contributed by atoms with Gasteiger partial charge in [-0.15, -0.1) is 0 Å². The standard InChI is InChI=1S/C25H28Cl2FNO6S/c1-4-20(13-36(33,34)14(2)3)29-23(15-5-7-17(26)8-6-15)24(16-9-18(27)11-19(28)10-16)35-21(25(29)32)12-22(30)31/h5-11,14,20-21,23-24H,4,12-13H2,1-3H3,(H,30,31)/t20?,21-,23-,24-/m1/s1. The number of halogens is 3. The SMILES string of the molecule is CCC(CS(=O)(=O)C(C)C)N1C(=O)[C@@H](CC(=O)O)O[C@H](c2cc(F)cc(Cl)c2)[C@H]1c1ccc(Cl)cc1. The quantitative estimate of drug-likeness (QED) is 0.452. The fraction of sp³-hybridized carbons (Fsp3) is 0.440. The van der Waals surface area contributed by atoms with Crippen LogP contribution in [0.3, 0.4) is 0 Å². The van der Waals surface area contributed by atoms with Crippen molar-refractivity contribution in [3.63, 3.8) is 0 Å². The van der Waals surface area contributed by atoms with Crippen molar-refractivity contribution in [2.75, 3.05) is 5.75 Å². The molecule has 2 aromatic rings. The summed E-state index contributed by atoms with van der Waals surface area (Å²) in [5, 5.41) is 9.30. The number of aliphatic carboxylic acids is 1. The minimum Gasteiger partial charge on any atom is -0.481 e. The maximum atomic E-state index is 14.4. The van der Waals surface area contributed by atoms with Crippen LogP contribution < -0.4 is 0 Å². The molecule has 1 fully saturated rings. The van der Waals surface area contributed by atoms with E-state index in [1.165, 1.54) is 17.0 Å². The van der Waals surface area contributed by atoms with E-state index in [9.17, 15) is 27.5 Å². The van der Waals surface area contributed by atoms with E-state index in [2.05, 4.69) is 0 Å². The third-order valence-corrected chi connectivity index (χ3v) is 8.98. The molecule has 1 saturated heterocycles. The first-order chi connectivity index (χ1) is 16.8. The van der Waals surface area contributed by atoms with E-state index >= 15 is 0 Å². The summed E-state index contributed by atoms with van der Waals surface area (Å²) in [7, 11) is -3.58. The van der Waals surface area contributed by atoms with Gasteiger partial charge in [-0.1, -0.05) is 42.3 Å². The Morgan fingerprint density at radius 3 is 2.28 bits per heavy atom. The number of amides is 1. The van der Waals surface area contributed by atoms with Gasteiger partial charge in [0, 0.05) is 16.1 Å². The third kappa shape index (κ3) is 6.37. The number of carbonyl (C=O) groups is 2. The maximum Gasteiger partial charge on any atom is 0.306 e. The summed E-state index contributed by atoms with van der Waals surface area (Å²) in [4.78, 5) is 26.7. The van der Waals surface area contributed by atoms with Crippen molar-refractivity contribution in [1.82, 2.24) is 4.90 Å². The molecule has 3 rings (SSSR count). The van der Waals surface area contributed by atoms with Crippen LogP contribution in [0.5, 0.6) is 0 Å². The molecule has 196 valence electrons. The van der Waals surface area contributed by atoms with E-state index < -0.39 is 63.5 Å². The molecule has 1 aliphatic rings. The molecule has 1 heterocycles. The largest absolute Gasteiger partial charge is 0.481 e. The monoisotopic (exact) mass is 559 g/mol. The molecule has 11 heteroatoms. The van der Waals surface area contributed by atoms with Crippen molar-refractivity contribution < 1.29 is 32.2 Å². The Morgan fingerprint density at radius 2 is 1.75 bits per heavy atom. The lowest BCUT2D eigenvalue weighted by atomic mass is 9.89. The van der Waals surface area contributed by atoms with E-state index in [4.69, 9.17) is 27.9 Å². The summed E-state index contributed by atoms with van der Waals surface area (Å²) in [5.41, 5.74) is 0.849. The number of carboxylic acid groups (broad SMARTS) is 1. The van der Waals surface area contributed by atoms with Gasteiger partial charge in [0.2, 0.25) is 0 Å². The predicted molar refractivity (Wildman–Crippen MR) is 135 cm³/mol. The molecule has 0 spiro atoms. The van der Waals surface area contributed by atoms with Crippen LogP contribution in [0.4, 0.5) is 4.39 Å². The van der Waals surface area contributed by atoms with Gasteiger partial charge in [-0.2, -0.15) is 0 Å². The normalized spacial score (nSPS) is 21.6. The lowest BCUT2D eigenvalue weighted by Gasteiger charge is -2.48. The molecule has 4 atom stereocenters. The van der Waals surface area contributed by atoms with Crippen LogP contribution in [0.15, 0.2) is 42.5 Å². The Kier molecular flexibility index (Phi) is 9.03. The molecule has 1 unspecified atom stereocenters. The highest BCUT2D eigenvalue weighted by Crippen LogP contribution is 2.45. The number of nitrogens with zero attached hydrogens (tertiary/aromatic N) is 1. The fourth-order valence-electron chi connectivity index (χ4n) is 4.31. The summed E-state index contributed by atoms with van der Waals surface area (Å²) in [6.07, 6.45) is -2.81. The second kappa shape index (κ2) is 11.5. The van der Waals surface area contributed by atoms with Crippen molar-refractivity contribution in [2.24, 2.45) is 0 Å². The molecular formula is C25H28Cl2FNO6S. The number of carbonyl (C=O) groups excluding carboxylic acids is 1. The van der Waals surface area contributed by atoms with Crippen LogP contribution in [0, 0.1) is 5.82 Å². The van der Waals surface area contributed by atoms with Gasteiger partial charge in [-0.05, 0) is 61.7 Å². The molecule has 0 aromatic heterocycles. The van der Waals surface area contributed by atoms with E-state index in [0.29, 0.717) is 10.6 Å². The highest BCUT2D eigenvalue weighted by Gasteiger charge is 2.48. The summed E-state index contributed by atoms with van der Waals surface area (Å²) in [5.74, 6) is -2.88. The zero-order chi connectivity index (χ0) is 26.8. The van der Waals surface area contributed by atoms with E-state index in [1.54, 1.807) is 45.0 Å². The second-order valence-corrected chi connectivity index (χ2v) is 12.5. The number of hydrogen-bond acceptors (Lipinski definition) is 5. The van der Waals surface area contributed by atoms with Gasteiger partial charge in [-0.3, -0.25) is 9.59 Å². The van der Waals surface area contributed by atoms with Crippen molar-refractivity contribution in [3.05, 3.63) is 69.5 Å². The Balaban J connectivity index is 2.23. The topological polar surface area (TPSA) is 101 Å². The van der Waals surface area contributed by atoms with Gasteiger partial charge in [0.25, 0.3) is 5.91 Å². The van der Waals surface area contributed by atoms with Crippen LogP contribution in [0.25, 0.3) is 0 Å². The van der Waals surface area contributed by atoms with E-state index in [1.807, 2.05) is 0 Å². The van der Waals surface area contributed by atoms with Gasteiger partial charge in [0.15, 0.2) is 9.84 Å². The zero-order valence-corrected chi connectivity index (χ0v) is 22.4. The Bertz CT molecular complexity index is 1200. The molecule has 2 aromatic carbocycles. The molecule has 1 aliphatic heterocycles. The molecule has 0 bridgehead atoms. The van der Waals surface area contributed by atoms with Gasteiger partial charge in [-0.25, -0.2) is 12.8 Å². The number of rotatable bonds is 9. The minimum atomic E-state index is -3.58. The van der Waals surface area contributed by atoms with Crippen LogP contribution in [0.2, 0.25) is 10.0 Å². The number of sulfone groups is 1. The average Bonchev–Trinajstić information content (AvgIpc) is 2.78. The molecule has 36 heavy (non-hydrogen) atoms. The van der Waals surface area contributed by atoms with Gasteiger partial charge in [0.05, 0.1) is 23.5 Å². The highest BCUT2D eigenvalue weighted by atomic mass is 35.5. The lowest BCUT2D eigenvalue weighted by Crippen LogP contribution is -2.56. The summed E-state index contributed by atoms with van der Waals surface area (Å²) in [6.45, 7) is 4.87. The molecule has 7 nitrogen and oxygen atoms in total. The van der Waals surface area contributed by atoms with Crippen LogP contribution in [-0.2, 0) is 24.2 Å². The smallest absolute Gasteiger partial charge is 0.306 e. The Hall–Kier alpha value is -2.20. The maximum absolute atomic E-state index is 14.4.